The second-order valence-corrected chi connectivity index (χ2v) is 5.51. The fourth-order valence-corrected chi connectivity index (χ4v) is 2.28. The lowest BCUT2D eigenvalue weighted by atomic mass is 10.1. The third-order valence-electron chi connectivity index (χ3n) is 2.27. The standard InChI is InChI=1S/C12H15ClFNO2S/c1-12(17,7-18-2)6-15-11(16)8-3-4-10(14)9(13)5-8/h3-5,17H,6-7H2,1-2H3,(H,15,16). The summed E-state index contributed by atoms with van der Waals surface area (Å²) in [5, 5.41) is 12.4. The molecule has 3 nitrogen and oxygen atoms in total. The minimum atomic E-state index is -0.973. The largest absolute Gasteiger partial charge is 0.387 e. The van der Waals surface area contributed by atoms with Gasteiger partial charge >= 0.3 is 0 Å². The molecule has 1 amide bonds. The summed E-state index contributed by atoms with van der Waals surface area (Å²) < 4.78 is 12.9. The first kappa shape index (κ1) is 15.3. The van der Waals surface area contributed by atoms with Gasteiger partial charge in [0.05, 0.1) is 10.6 Å². The van der Waals surface area contributed by atoms with E-state index in [-0.39, 0.29) is 17.1 Å². The molecule has 6 heteroatoms. The number of aliphatic hydroxyl groups is 1. The maximum atomic E-state index is 12.9. The fourth-order valence-electron chi connectivity index (χ4n) is 1.37. The van der Waals surface area contributed by atoms with Crippen molar-refractivity contribution >= 4 is 29.3 Å². The molecule has 0 spiro atoms. The molecule has 100 valence electrons. The molecule has 0 aromatic heterocycles. The predicted octanol–water partition coefficient (Wildman–Crippen LogP) is 2.32. The first-order valence-corrected chi connectivity index (χ1v) is 7.07. The van der Waals surface area contributed by atoms with Gasteiger partial charge in [-0.15, -0.1) is 0 Å². The van der Waals surface area contributed by atoms with Crippen molar-refractivity contribution in [2.24, 2.45) is 0 Å². The average molecular weight is 292 g/mol. The predicted molar refractivity (Wildman–Crippen MR) is 72.7 cm³/mol. The van der Waals surface area contributed by atoms with Gasteiger partial charge in [0, 0.05) is 17.9 Å². The van der Waals surface area contributed by atoms with Gasteiger partial charge in [-0.2, -0.15) is 11.8 Å². The van der Waals surface area contributed by atoms with E-state index in [1.165, 1.54) is 23.9 Å². The third kappa shape index (κ3) is 4.48. The Balaban J connectivity index is 2.63. The molecule has 1 aromatic rings. The Morgan fingerprint density at radius 3 is 2.83 bits per heavy atom. The van der Waals surface area contributed by atoms with E-state index in [1.807, 2.05) is 6.26 Å². The van der Waals surface area contributed by atoms with Gasteiger partial charge in [0.15, 0.2) is 0 Å². The van der Waals surface area contributed by atoms with Crippen LogP contribution in [0.3, 0.4) is 0 Å². The number of thioether (sulfide) groups is 1. The monoisotopic (exact) mass is 291 g/mol. The normalized spacial score (nSPS) is 14.1. The number of nitrogens with one attached hydrogen (secondary N) is 1. The highest BCUT2D eigenvalue weighted by atomic mass is 35.5. The lowest BCUT2D eigenvalue weighted by Crippen LogP contribution is -2.42. The highest BCUT2D eigenvalue weighted by molar-refractivity contribution is 7.98. The van der Waals surface area contributed by atoms with E-state index in [2.05, 4.69) is 5.32 Å². The van der Waals surface area contributed by atoms with Gasteiger partial charge in [-0.3, -0.25) is 4.79 Å². The number of halogens is 2. The number of rotatable bonds is 5. The third-order valence-corrected chi connectivity index (χ3v) is 3.47. The minimum absolute atomic E-state index is 0.0986. The summed E-state index contributed by atoms with van der Waals surface area (Å²) >= 11 is 7.08. The SMILES string of the molecule is CSCC(C)(O)CNC(=O)c1ccc(F)c(Cl)c1. The van der Waals surface area contributed by atoms with Gasteiger partial charge in [0.1, 0.15) is 5.82 Å². The van der Waals surface area contributed by atoms with Crippen LogP contribution < -0.4 is 5.32 Å². The molecule has 0 saturated carbocycles. The first-order valence-electron chi connectivity index (χ1n) is 5.30. The number of amides is 1. The van der Waals surface area contributed by atoms with Gasteiger partial charge in [0.2, 0.25) is 0 Å². The fraction of sp³-hybridized carbons (Fsp3) is 0.417. The molecule has 0 aliphatic rings. The zero-order chi connectivity index (χ0) is 13.8. The number of hydrogen-bond acceptors (Lipinski definition) is 3. The van der Waals surface area contributed by atoms with Crippen molar-refractivity contribution in [2.75, 3.05) is 18.6 Å². The van der Waals surface area contributed by atoms with Crippen molar-refractivity contribution < 1.29 is 14.3 Å². The van der Waals surface area contributed by atoms with Gasteiger partial charge in [-0.05, 0) is 31.4 Å². The van der Waals surface area contributed by atoms with Crippen molar-refractivity contribution in [3.63, 3.8) is 0 Å². The summed E-state index contributed by atoms with van der Waals surface area (Å²) in [5.74, 6) is -0.446. The van der Waals surface area contributed by atoms with Crippen LogP contribution in [0.25, 0.3) is 0 Å². The van der Waals surface area contributed by atoms with Crippen LogP contribution in [0.15, 0.2) is 18.2 Å². The lowest BCUT2D eigenvalue weighted by molar-refractivity contribution is 0.0725. The summed E-state index contributed by atoms with van der Waals surface area (Å²) in [6.07, 6.45) is 1.87. The number of carbonyl (C=O) groups is 1. The summed E-state index contributed by atoms with van der Waals surface area (Å²) in [4.78, 5) is 11.7. The molecule has 1 rings (SSSR count). The molecule has 1 aromatic carbocycles. The maximum Gasteiger partial charge on any atom is 0.251 e. The molecule has 0 aliphatic heterocycles. The van der Waals surface area contributed by atoms with Gasteiger partial charge < -0.3 is 10.4 Å². The van der Waals surface area contributed by atoms with Crippen LogP contribution in [0.4, 0.5) is 4.39 Å². The van der Waals surface area contributed by atoms with Crippen molar-refractivity contribution in [3.05, 3.63) is 34.6 Å². The van der Waals surface area contributed by atoms with E-state index in [1.54, 1.807) is 6.92 Å². The van der Waals surface area contributed by atoms with Crippen molar-refractivity contribution in [2.45, 2.75) is 12.5 Å². The van der Waals surface area contributed by atoms with Crippen LogP contribution in [-0.2, 0) is 0 Å². The van der Waals surface area contributed by atoms with E-state index in [0.717, 1.165) is 6.07 Å². The van der Waals surface area contributed by atoms with Crippen molar-refractivity contribution in [1.82, 2.24) is 5.32 Å². The van der Waals surface area contributed by atoms with Crippen LogP contribution in [0.2, 0.25) is 5.02 Å². The van der Waals surface area contributed by atoms with E-state index in [0.29, 0.717) is 5.75 Å². The molecule has 18 heavy (non-hydrogen) atoms. The Morgan fingerprint density at radius 2 is 2.28 bits per heavy atom. The van der Waals surface area contributed by atoms with Crippen LogP contribution in [0, 0.1) is 5.82 Å². The smallest absolute Gasteiger partial charge is 0.251 e. The average Bonchev–Trinajstić information content (AvgIpc) is 2.30. The molecular weight excluding hydrogens is 277 g/mol. The highest BCUT2D eigenvalue weighted by Crippen LogP contribution is 2.16. The molecule has 0 bridgehead atoms. The molecule has 0 saturated heterocycles. The van der Waals surface area contributed by atoms with Crippen molar-refractivity contribution in [3.8, 4) is 0 Å². The molecule has 0 aliphatic carbocycles. The quantitative estimate of drug-likeness (QED) is 0.875. The van der Waals surface area contributed by atoms with Gasteiger partial charge in [0.25, 0.3) is 5.91 Å². The van der Waals surface area contributed by atoms with E-state index in [9.17, 15) is 14.3 Å². The maximum absolute atomic E-state index is 12.9. The molecule has 2 N–H and O–H groups in total. The van der Waals surface area contributed by atoms with E-state index >= 15 is 0 Å². The summed E-state index contributed by atoms with van der Waals surface area (Å²) in [6, 6.07) is 3.74. The van der Waals surface area contributed by atoms with Crippen LogP contribution >= 0.6 is 23.4 Å². The number of benzene rings is 1. The Bertz CT molecular complexity index is 440. The number of hydrogen-bond donors (Lipinski definition) is 2. The Labute approximate surface area is 115 Å². The molecule has 0 fully saturated rings. The summed E-state index contributed by atoms with van der Waals surface area (Å²) in [6.45, 7) is 1.77. The molecule has 1 unspecified atom stereocenters. The van der Waals surface area contributed by atoms with Crippen molar-refractivity contribution in [1.29, 1.82) is 0 Å². The summed E-state index contributed by atoms with van der Waals surface area (Å²) in [5.41, 5.74) is -0.708. The Morgan fingerprint density at radius 1 is 1.61 bits per heavy atom. The highest BCUT2D eigenvalue weighted by Gasteiger charge is 2.20. The van der Waals surface area contributed by atoms with Crippen LogP contribution in [-0.4, -0.2) is 35.2 Å². The topological polar surface area (TPSA) is 49.3 Å². The first-order chi connectivity index (χ1) is 8.35. The zero-order valence-electron chi connectivity index (χ0n) is 10.2. The minimum Gasteiger partial charge on any atom is -0.387 e. The second-order valence-electron chi connectivity index (χ2n) is 4.24. The van der Waals surface area contributed by atoms with Crippen LogP contribution in [0.5, 0.6) is 0 Å². The number of carbonyl (C=O) groups excluding carboxylic acids is 1. The zero-order valence-corrected chi connectivity index (χ0v) is 11.7. The van der Waals surface area contributed by atoms with E-state index < -0.39 is 17.3 Å². The Hall–Kier alpha value is -0.780. The van der Waals surface area contributed by atoms with Gasteiger partial charge in [-0.25, -0.2) is 4.39 Å². The van der Waals surface area contributed by atoms with E-state index in [4.69, 9.17) is 11.6 Å². The molecule has 1 atom stereocenters. The molecule has 0 heterocycles. The Kier molecular flexibility index (Phi) is 5.44. The second kappa shape index (κ2) is 6.41. The summed E-state index contributed by atoms with van der Waals surface area (Å²) in [7, 11) is 0. The van der Waals surface area contributed by atoms with Crippen LogP contribution in [0.1, 0.15) is 17.3 Å². The lowest BCUT2D eigenvalue weighted by Gasteiger charge is -2.22. The molecule has 0 radical (unpaired) electrons. The van der Waals surface area contributed by atoms with Gasteiger partial charge in [-0.1, -0.05) is 11.6 Å². The molecular formula is C12H15ClFNO2S.